The van der Waals surface area contributed by atoms with E-state index in [4.69, 9.17) is 0 Å². The van der Waals surface area contributed by atoms with E-state index >= 15 is 0 Å². The zero-order chi connectivity index (χ0) is 14.7. The molecule has 2 aromatic rings. The molecular weight excluding hydrogens is 330 g/mol. The number of amides is 1. The molecule has 1 aromatic carbocycles. The highest BCUT2D eigenvalue weighted by Crippen LogP contribution is 2.19. The number of benzene rings is 1. The number of hydrogen-bond acceptors (Lipinski definition) is 2. The molecule has 20 heavy (non-hydrogen) atoms. The zero-order valence-electron chi connectivity index (χ0n) is 10.6. The van der Waals surface area contributed by atoms with Crippen molar-refractivity contribution in [2.75, 3.05) is 0 Å². The maximum atomic E-state index is 13.6. The number of pyridine rings is 1. The van der Waals surface area contributed by atoms with Gasteiger partial charge in [0.05, 0.1) is 0 Å². The molecule has 0 bridgehead atoms. The minimum atomic E-state index is -0.905. The van der Waals surface area contributed by atoms with Crippen molar-refractivity contribution in [2.45, 2.75) is 13.5 Å². The summed E-state index contributed by atoms with van der Waals surface area (Å²) in [5, 5.41) is 2.48. The van der Waals surface area contributed by atoms with Crippen LogP contribution in [-0.2, 0) is 6.54 Å². The van der Waals surface area contributed by atoms with Crippen LogP contribution < -0.4 is 5.32 Å². The molecule has 1 aromatic heterocycles. The fourth-order valence-corrected chi connectivity index (χ4v) is 2.11. The third kappa shape index (κ3) is 3.19. The predicted octanol–water partition coefficient (Wildman–Crippen LogP) is 3.36. The van der Waals surface area contributed by atoms with Crippen LogP contribution in [0.3, 0.4) is 0 Å². The van der Waals surface area contributed by atoms with Crippen molar-refractivity contribution in [3.63, 3.8) is 0 Å². The summed E-state index contributed by atoms with van der Waals surface area (Å²) in [5.41, 5.74) is 1.14. The molecule has 2 rings (SSSR count). The van der Waals surface area contributed by atoms with Gasteiger partial charge in [-0.3, -0.25) is 9.78 Å². The number of aryl methyl sites for hydroxylation is 1. The number of aromatic nitrogens is 1. The molecule has 1 heterocycles. The van der Waals surface area contributed by atoms with Crippen LogP contribution in [0.15, 0.2) is 35.1 Å². The Labute approximate surface area is 123 Å². The van der Waals surface area contributed by atoms with Crippen LogP contribution in [0.5, 0.6) is 0 Å². The number of rotatable bonds is 3. The van der Waals surface area contributed by atoms with Crippen molar-refractivity contribution in [3.05, 3.63) is 63.4 Å². The first-order valence-corrected chi connectivity index (χ1v) is 6.60. The monoisotopic (exact) mass is 340 g/mol. The summed E-state index contributed by atoms with van der Waals surface area (Å²) in [7, 11) is 0. The molecule has 6 heteroatoms. The summed E-state index contributed by atoms with van der Waals surface area (Å²) in [4.78, 5) is 15.8. The highest BCUT2D eigenvalue weighted by Gasteiger charge is 2.18. The summed E-state index contributed by atoms with van der Waals surface area (Å²) in [5.74, 6) is -2.61. The van der Waals surface area contributed by atoms with Crippen LogP contribution in [0.25, 0.3) is 0 Å². The molecule has 1 N–H and O–H groups in total. The minimum absolute atomic E-state index is 0.160. The van der Waals surface area contributed by atoms with E-state index in [0.29, 0.717) is 0 Å². The second-order valence-electron chi connectivity index (χ2n) is 4.23. The lowest BCUT2D eigenvalue weighted by Crippen LogP contribution is -2.25. The molecule has 0 atom stereocenters. The van der Waals surface area contributed by atoms with Gasteiger partial charge < -0.3 is 5.32 Å². The second kappa shape index (κ2) is 6.09. The number of halogens is 3. The quantitative estimate of drug-likeness (QED) is 0.930. The number of nitrogens with zero attached hydrogens (tertiary/aromatic N) is 1. The number of hydrogen-bond donors (Lipinski definition) is 1. The lowest BCUT2D eigenvalue weighted by molar-refractivity contribution is 0.0942. The highest BCUT2D eigenvalue weighted by molar-refractivity contribution is 9.10. The molecule has 104 valence electrons. The minimum Gasteiger partial charge on any atom is -0.348 e. The summed E-state index contributed by atoms with van der Waals surface area (Å²) < 4.78 is 27.5. The van der Waals surface area contributed by atoms with Crippen molar-refractivity contribution in [1.82, 2.24) is 10.3 Å². The molecule has 0 saturated carbocycles. The number of carbonyl (C=O) groups is 1. The van der Waals surface area contributed by atoms with Crippen LogP contribution >= 0.6 is 15.9 Å². The van der Waals surface area contributed by atoms with E-state index < -0.39 is 23.1 Å². The van der Waals surface area contributed by atoms with Crippen LogP contribution in [0.1, 0.15) is 21.5 Å². The van der Waals surface area contributed by atoms with Gasteiger partial charge in [0.25, 0.3) is 5.91 Å². The smallest absolute Gasteiger partial charge is 0.257 e. The molecule has 0 aliphatic rings. The lowest BCUT2D eigenvalue weighted by atomic mass is 10.1. The Morgan fingerprint density at radius 2 is 2.00 bits per heavy atom. The van der Waals surface area contributed by atoms with Crippen molar-refractivity contribution >= 4 is 21.8 Å². The largest absolute Gasteiger partial charge is 0.348 e. The molecule has 3 nitrogen and oxygen atoms in total. The predicted molar refractivity (Wildman–Crippen MR) is 74.2 cm³/mol. The molecule has 0 radical (unpaired) electrons. The first-order valence-electron chi connectivity index (χ1n) is 5.81. The SMILES string of the molecule is Cc1ccncc1CNC(=O)c1c(F)cc(Br)cc1F. The maximum Gasteiger partial charge on any atom is 0.257 e. The maximum absolute atomic E-state index is 13.6. The molecule has 0 saturated heterocycles. The Bertz CT molecular complexity index is 638. The van der Waals surface area contributed by atoms with Gasteiger partial charge in [0.2, 0.25) is 0 Å². The molecule has 1 amide bonds. The van der Waals surface area contributed by atoms with Crippen LogP contribution in [0, 0.1) is 18.6 Å². The number of carbonyl (C=O) groups excluding carboxylic acids is 1. The summed E-state index contributed by atoms with van der Waals surface area (Å²) in [6.07, 6.45) is 3.23. The number of nitrogens with one attached hydrogen (secondary N) is 1. The fourth-order valence-electron chi connectivity index (χ4n) is 1.70. The van der Waals surface area contributed by atoms with Gasteiger partial charge >= 0.3 is 0 Å². The van der Waals surface area contributed by atoms with Gasteiger partial charge in [-0.15, -0.1) is 0 Å². The van der Waals surface area contributed by atoms with Crippen molar-refractivity contribution in [3.8, 4) is 0 Å². The van der Waals surface area contributed by atoms with Gasteiger partial charge in [-0.25, -0.2) is 8.78 Å². The van der Waals surface area contributed by atoms with Gasteiger partial charge in [0.15, 0.2) is 0 Å². The Morgan fingerprint density at radius 3 is 2.60 bits per heavy atom. The fraction of sp³-hybridized carbons (Fsp3) is 0.143. The first kappa shape index (κ1) is 14.6. The highest BCUT2D eigenvalue weighted by atomic mass is 79.9. The topological polar surface area (TPSA) is 42.0 Å². The van der Waals surface area contributed by atoms with Crippen molar-refractivity contribution < 1.29 is 13.6 Å². The van der Waals surface area contributed by atoms with Gasteiger partial charge in [0, 0.05) is 23.4 Å². The van der Waals surface area contributed by atoms with Gasteiger partial charge in [-0.2, -0.15) is 0 Å². The average Bonchev–Trinajstić information content (AvgIpc) is 2.36. The third-order valence-corrected chi connectivity index (χ3v) is 3.28. The van der Waals surface area contributed by atoms with Gasteiger partial charge in [-0.1, -0.05) is 15.9 Å². The summed E-state index contributed by atoms with van der Waals surface area (Å²) in [6, 6.07) is 3.89. The third-order valence-electron chi connectivity index (χ3n) is 2.82. The van der Waals surface area contributed by atoms with Gasteiger partial charge in [-0.05, 0) is 36.2 Å². The molecule has 0 unspecified atom stereocenters. The van der Waals surface area contributed by atoms with E-state index in [2.05, 4.69) is 26.2 Å². The van der Waals surface area contributed by atoms with Crippen LogP contribution in [0.4, 0.5) is 8.78 Å². The van der Waals surface area contributed by atoms with Gasteiger partial charge in [0.1, 0.15) is 17.2 Å². The Kier molecular flexibility index (Phi) is 4.44. The van der Waals surface area contributed by atoms with E-state index in [1.807, 2.05) is 6.92 Å². The second-order valence-corrected chi connectivity index (χ2v) is 5.14. The summed E-state index contributed by atoms with van der Waals surface area (Å²) >= 11 is 2.96. The van der Waals surface area contributed by atoms with Crippen LogP contribution in [-0.4, -0.2) is 10.9 Å². The average molecular weight is 341 g/mol. The molecule has 0 spiro atoms. The molecular formula is C14H11BrF2N2O. The van der Waals surface area contributed by atoms with E-state index in [-0.39, 0.29) is 11.0 Å². The van der Waals surface area contributed by atoms with E-state index in [1.54, 1.807) is 18.5 Å². The zero-order valence-corrected chi connectivity index (χ0v) is 12.2. The lowest BCUT2D eigenvalue weighted by Gasteiger charge is -2.09. The Morgan fingerprint density at radius 1 is 1.35 bits per heavy atom. The Balaban J connectivity index is 2.16. The van der Waals surface area contributed by atoms with Crippen molar-refractivity contribution in [1.29, 1.82) is 0 Å². The normalized spacial score (nSPS) is 10.4. The molecule has 0 fully saturated rings. The van der Waals surface area contributed by atoms with Crippen molar-refractivity contribution in [2.24, 2.45) is 0 Å². The molecule has 0 aliphatic heterocycles. The standard InChI is InChI=1S/C14H11BrF2N2O/c1-8-2-3-18-6-9(8)7-19-14(20)13-11(16)4-10(15)5-12(13)17/h2-6H,7H2,1H3,(H,19,20). The van der Waals surface area contributed by atoms with E-state index in [9.17, 15) is 13.6 Å². The first-order chi connectivity index (χ1) is 9.49. The van der Waals surface area contributed by atoms with Crippen LogP contribution in [0.2, 0.25) is 0 Å². The Hall–Kier alpha value is -1.82. The van der Waals surface area contributed by atoms with E-state index in [1.165, 1.54) is 0 Å². The van der Waals surface area contributed by atoms with E-state index in [0.717, 1.165) is 23.3 Å². The molecule has 0 aliphatic carbocycles. The summed E-state index contributed by atoms with van der Waals surface area (Å²) in [6.45, 7) is 2.03.